The van der Waals surface area contributed by atoms with Crippen LogP contribution in [0.4, 0.5) is 0 Å². The van der Waals surface area contributed by atoms with Crippen LogP contribution in [0.3, 0.4) is 0 Å². The highest BCUT2D eigenvalue weighted by Crippen LogP contribution is 2.27. The predicted octanol–water partition coefficient (Wildman–Crippen LogP) is 1.93. The van der Waals surface area contributed by atoms with Gasteiger partial charge in [0, 0.05) is 19.6 Å². The van der Waals surface area contributed by atoms with Crippen molar-refractivity contribution in [1.82, 2.24) is 9.21 Å². The van der Waals surface area contributed by atoms with Crippen LogP contribution in [0.15, 0.2) is 23.1 Å². The fraction of sp³-hybridized carbons (Fsp3) is 0.500. The molecule has 1 heterocycles. The summed E-state index contributed by atoms with van der Waals surface area (Å²) in [6.07, 6.45) is 1.82. The van der Waals surface area contributed by atoms with Gasteiger partial charge in [0.25, 0.3) is 0 Å². The minimum absolute atomic E-state index is 0.0545. The van der Waals surface area contributed by atoms with Gasteiger partial charge in [-0.2, -0.15) is 9.57 Å². The molecule has 1 aliphatic heterocycles. The zero-order chi connectivity index (χ0) is 15.6. The molecule has 1 unspecified atom stereocenters. The van der Waals surface area contributed by atoms with E-state index in [1.807, 2.05) is 13.1 Å². The van der Waals surface area contributed by atoms with E-state index in [1.54, 1.807) is 7.05 Å². The van der Waals surface area contributed by atoms with E-state index in [0.717, 1.165) is 19.4 Å². The van der Waals surface area contributed by atoms with Crippen molar-refractivity contribution in [2.45, 2.75) is 23.8 Å². The summed E-state index contributed by atoms with van der Waals surface area (Å²) in [6, 6.07) is 6.15. The van der Waals surface area contributed by atoms with Crippen molar-refractivity contribution in [2.75, 3.05) is 27.2 Å². The standard InChI is InChI=1S/C14H18ClN3O2S/c1-17-7-3-4-12(10-17)18(2)21(19,20)14-6-5-11(9-16)8-13(14)15/h5-6,8,12H,3-4,7,10H2,1-2H3. The van der Waals surface area contributed by atoms with Gasteiger partial charge in [-0.25, -0.2) is 8.42 Å². The molecule has 0 bridgehead atoms. The number of rotatable bonds is 3. The van der Waals surface area contributed by atoms with Gasteiger partial charge in [-0.15, -0.1) is 0 Å². The fourth-order valence-corrected chi connectivity index (χ4v) is 4.46. The molecule has 0 aromatic heterocycles. The SMILES string of the molecule is CN1CCCC(N(C)S(=O)(=O)c2ccc(C#N)cc2Cl)C1. The first-order valence-electron chi connectivity index (χ1n) is 6.72. The van der Waals surface area contributed by atoms with E-state index in [0.29, 0.717) is 12.1 Å². The number of hydrogen-bond acceptors (Lipinski definition) is 4. The van der Waals surface area contributed by atoms with Crippen LogP contribution in [-0.4, -0.2) is 50.8 Å². The molecule has 1 fully saturated rings. The monoisotopic (exact) mass is 327 g/mol. The number of piperidine rings is 1. The lowest BCUT2D eigenvalue weighted by Crippen LogP contribution is -2.47. The summed E-state index contributed by atoms with van der Waals surface area (Å²) in [6.45, 7) is 1.70. The van der Waals surface area contributed by atoms with Crippen LogP contribution in [0, 0.1) is 11.3 Å². The Bertz CT molecular complexity index is 669. The molecular formula is C14H18ClN3O2S. The molecule has 5 nitrogen and oxygen atoms in total. The van der Waals surface area contributed by atoms with Gasteiger partial charge in [0.15, 0.2) is 0 Å². The van der Waals surface area contributed by atoms with Crippen molar-refractivity contribution in [3.63, 3.8) is 0 Å². The number of likely N-dealkylation sites (tertiary alicyclic amines) is 1. The molecule has 0 spiro atoms. The Balaban J connectivity index is 2.31. The van der Waals surface area contributed by atoms with Gasteiger partial charge in [-0.3, -0.25) is 0 Å². The number of benzene rings is 1. The molecule has 1 aliphatic rings. The van der Waals surface area contributed by atoms with Crippen LogP contribution in [0.5, 0.6) is 0 Å². The average molecular weight is 328 g/mol. The van der Waals surface area contributed by atoms with Crippen LogP contribution >= 0.6 is 11.6 Å². The van der Waals surface area contributed by atoms with Crippen molar-refractivity contribution in [1.29, 1.82) is 5.26 Å². The maximum Gasteiger partial charge on any atom is 0.244 e. The van der Waals surface area contributed by atoms with E-state index in [2.05, 4.69) is 4.90 Å². The third kappa shape index (κ3) is 3.38. The molecule has 114 valence electrons. The predicted molar refractivity (Wildman–Crippen MR) is 81.6 cm³/mol. The van der Waals surface area contributed by atoms with Gasteiger partial charge in [-0.1, -0.05) is 11.6 Å². The third-order valence-corrected chi connectivity index (χ3v) is 6.22. The first-order valence-corrected chi connectivity index (χ1v) is 8.54. The fourth-order valence-electron chi connectivity index (χ4n) is 2.57. The summed E-state index contributed by atoms with van der Waals surface area (Å²) in [5, 5.41) is 8.91. The van der Waals surface area contributed by atoms with Crippen molar-refractivity contribution in [3.05, 3.63) is 28.8 Å². The van der Waals surface area contributed by atoms with E-state index >= 15 is 0 Å². The summed E-state index contributed by atoms with van der Waals surface area (Å²) in [7, 11) is -0.0740. The molecule has 7 heteroatoms. The molecule has 0 amide bonds. The van der Waals surface area contributed by atoms with Gasteiger partial charge in [-0.05, 0) is 44.6 Å². The van der Waals surface area contributed by atoms with Crippen LogP contribution in [0.25, 0.3) is 0 Å². The normalized spacial score (nSPS) is 20.4. The quantitative estimate of drug-likeness (QED) is 0.851. The topological polar surface area (TPSA) is 64.4 Å². The van der Waals surface area contributed by atoms with E-state index in [4.69, 9.17) is 16.9 Å². The van der Waals surface area contributed by atoms with Gasteiger partial charge in [0.05, 0.1) is 16.7 Å². The summed E-state index contributed by atoms with van der Waals surface area (Å²) >= 11 is 6.04. The molecule has 0 N–H and O–H groups in total. The Hall–Kier alpha value is -1.13. The van der Waals surface area contributed by atoms with Crippen LogP contribution in [0.2, 0.25) is 5.02 Å². The number of hydrogen-bond donors (Lipinski definition) is 0. The highest BCUT2D eigenvalue weighted by atomic mass is 35.5. The Labute approximate surface area is 130 Å². The molecule has 21 heavy (non-hydrogen) atoms. The number of nitriles is 1. The zero-order valence-electron chi connectivity index (χ0n) is 12.1. The molecular weight excluding hydrogens is 310 g/mol. The number of sulfonamides is 1. The number of likely N-dealkylation sites (N-methyl/N-ethyl adjacent to an activating group) is 2. The minimum Gasteiger partial charge on any atom is -0.305 e. The average Bonchev–Trinajstić information content (AvgIpc) is 2.45. The second kappa shape index (κ2) is 6.32. The Kier molecular flexibility index (Phi) is 4.89. The second-order valence-corrected chi connectivity index (χ2v) is 7.71. The Morgan fingerprint density at radius 1 is 1.48 bits per heavy atom. The molecule has 0 radical (unpaired) electrons. The largest absolute Gasteiger partial charge is 0.305 e. The summed E-state index contributed by atoms with van der Waals surface area (Å²) in [5.41, 5.74) is 0.346. The molecule has 0 saturated carbocycles. The van der Waals surface area contributed by atoms with E-state index in [-0.39, 0.29) is 16.0 Å². The molecule has 1 saturated heterocycles. The lowest BCUT2D eigenvalue weighted by molar-refractivity contribution is 0.187. The van der Waals surface area contributed by atoms with Gasteiger partial charge < -0.3 is 4.90 Å². The Morgan fingerprint density at radius 2 is 2.19 bits per heavy atom. The van der Waals surface area contributed by atoms with Crippen LogP contribution in [0.1, 0.15) is 18.4 Å². The summed E-state index contributed by atoms with van der Waals surface area (Å²) in [4.78, 5) is 2.18. The minimum atomic E-state index is -3.65. The van der Waals surface area contributed by atoms with Crippen molar-refractivity contribution in [2.24, 2.45) is 0 Å². The lowest BCUT2D eigenvalue weighted by Gasteiger charge is -2.35. The van der Waals surface area contributed by atoms with Crippen molar-refractivity contribution >= 4 is 21.6 Å². The Morgan fingerprint density at radius 3 is 2.76 bits per heavy atom. The van der Waals surface area contributed by atoms with E-state index in [1.165, 1.54) is 22.5 Å². The first kappa shape index (κ1) is 16.2. The molecule has 2 rings (SSSR count). The highest BCUT2D eigenvalue weighted by molar-refractivity contribution is 7.89. The van der Waals surface area contributed by atoms with Gasteiger partial charge in [0.2, 0.25) is 10.0 Å². The number of halogens is 1. The zero-order valence-corrected chi connectivity index (χ0v) is 13.7. The smallest absolute Gasteiger partial charge is 0.244 e. The molecule has 1 aromatic rings. The molecule has 1 aromatic carbocycles. The molecule has 1 atom stereocenters. The summed E-state index contributed by atoms with van der Waals surface area (Å²) in [5.74, 6) is 0. The van der Waals surface area contributed by atoms with Gasteiger partial charge in [0.1, 0.15) is 4.90 Å². The summed E-state index contributed by atoms with van der Waals surface area (Å²) < 4.78 is 26.8. The molecule has 0 aliphatic carbocycles. The second-order valence-electron chi connectivity index (χ2n) is 5.34. The van der Waals surface area contributed by atoms with E-state index in [9.17, 15) is 8.42 Å². The number of nitrogens with zero attached hydrogens (tertiary/aromatic N) is 3. The maximum absolute atomic E-state index is 12.7. The first-order chi connectivity index (χ1) is 9.86. The van der Waals surface area contributed by atoms with Crippen LogP contribution in [-0.2, 0) is 10.0 Å². The third-order valence-electron chi connectivity index (χ3n) is 3.83. The van der Waals surface area contributed by atoms with Crippen molar-refractivity contribution < 1.29 is 8.42 Å². The maximum atomic E-state index is 12.7. The van der Waals surface area contributed by atoms with E-state index < -0.39 is 10.0 Å². The van der Waals surface area contributed by atoms with Crippen LogP contribution < -0.4 is 0 Å². The highest BCUT2D eigenvalue weighted by Gasteiger charge is 2.31. The van der Waals surface area contributed by atoms with Crippen molar-refractivity contribution in [3.8, 4) is 6.07 Å². The lowest BCUT2D eigenvalue weighted by atomic mass is 10.1. The van der Waals surface area contributed by atoms with Gasteiger partial charge >= 0.3 is 0 Å².